The summed E-state index contributed by atoms with van der Waals surface area (Å²) in [4.78, 5) is 2.56. The summed E-state index contributed by atoms with van der Waals surface area (Å²) in [5, 5.41) is 4.11. The minimum absolute atomic E-state index is 0.00686. The van der Waals surface area contributed by atoms with E-state index in [-0.39, 0.29) is 11.4 Å². The number of anilines is 1. The summed E-state index contributed by atoms with van der Waals surface area (Å²) >= 11 is 1.60. The van der Waals surface area contributed by atoms with Crippen molar-refractivity contribution in [3.05, 3.63) is 71.4 Å². The third kappa shape index (κ3) is 3.93. The molecule has 1 spiro atoms. The zero-order valence-corrected chi connectivity index (χ0v) is 19.6. The van der Waals surface area contributed by atoms with Gasteiger partial charge in [0.25, 0.3) is 0 Å². The van der Waals surface area contributed by atoms with Gasteiger partial charge in [-0.2, -0.15) is 0 Å². The summed E-state index contributed by atoms with van der Waals surface area (Å²) in [6.07, 6.45) is 2.07. The highest BCUT2D eigenvalue weighted by molar-refractivity contribution is 7.99. The van der Waals surface area contributed by atoms with Gasteiger partial charge in [0.05, 0.1) is 16.9 Å². The molecule has 2 aromatic carbocycles. The first kappa shape index (κ1) is 21.5. The Morgan fingerprint density at radius 2 is 2.06 bits per heavy atom. The smallest absolute Gasteiger partial charge is 0.141 e. The summed E-state index contributed by atoms with van der Waals surface area (Å²) in [7, 11) is 0. The summed E-state index contributed by atoms with van der Waals surface area (Å²) in [5.74, 6) is 0.672. The van der Waals surface area contributed by atoms with Crippen LogP contribution in [-0.2, 0) is 6.54 Å². The third-order valence-electron chi connectivity index (χ3n) is 6.83. The van der Waals surface area contributed by atoms with Gasteiger partial charge in [0.15, 0.2) is 0 Å². The molecular formula is C25H29FN4OS. The fourth-order valence-corrected chi connectivity index (χ4v) is 6.32. The van der Waals surface area contributed by atoms with Crippen LogP contribution in [0.2, 0.25) is 0 Å². The Bertz CT molecular complexity index is 1100. The quantitative estimate of drug-likeness (QED) is 0.528. The molecule has 3 heterocycles. The first-order valence-electron chi connectivity index (χ1n) is 11.2. The molecule has 0 amide bonds. The Labute approximate surface area is 193 Å². The molecule has 168 valence electrons. The van der Waals surface area contributed by atoms with Gasteiger partial charge in [-0.25, -0.2) is 9.11 Å². The van der Waals surface area contributed by atoms with Gasteiger partial charge < -0.3 is 4.52 Å². The maximum atomic E-state index is 13.9. The standard InChI is InChI=1S/C25H29FN4OS/c1-17-14-25(16-27-32-30(25)23-9-5-8-22(26)13-23)10-11-29(17)15-20-6-4-7-21(12-20)24-18(2)28-31-19(24)3/h4-9,12-13,17,27H,10-11,14-16H2,1-3H3/t17-,25+/m0/s1. The number of hydrogen-bond donors (Lipinski definition) is 1. The normalized spacial score (nSPS) is 23.9. The van der Waals surface area contributed by atoms with E-state index in [1.165, 1.54) is 11.6 Å². The second-order valence-electron chi connectivity index (χ2n) is 9.08. The highest BCUT2D eigenvalue weighted by Gasteiger charge is 2.46. The van der Waals surface area contributed by atoms with Crippen LogP contribution in [0.1, 0.15) is 36.8 Å². The lowest BCUT2D eigenvalue weighted by Crippen LogP contribution is -2.56. The molecule has 0 radical (unpaired) electrons. The molecule has 32 heavy (non-hydrogen) atoms. The molecule has 7 heteroatoms. The fourth-order valence-electron chi connectivity index (χ4n) is 5.22. The number of benzene rings is 2. The van der Waals surface area contributed by atoms with Crippen molar-refractivity contribution in [3.8, 4) is 11.1 Å². The van der Waals surface area contributed by atoms with Crippen LogP contribution in [0.5, 0.6) is 0 Å². The molecule has 2 fully saturated rings. The number of likely N-dealkylation sites (tertiary alicyclic amines) is 1. The summed E-state index contributed by atoms with van der Waals surface area (Å²) in [6.45, 7) is 9.09. The number of nitrogens with one attached hydrogen (secondary N) is 1. The van der Waals surface area contributed by atoms with Crippen molar-refractivity contribution in [2.75, 3.05) is 17.4 Å². The van der Waals surface area contributed by atoms with Crippen LogP contribution >= 0.6 is 12.1 Å². The van der Waals surface area contributed by atoms with Gasteiger partial charge in [-0.3, -0.25) is 9.21 Å². The molecule has 5 nitrogen and oxygen atoms in total. The van der Waals surface area contributed by atoms with Crippen LogP contribution in [0, 0.1) is 19.7 Å². The van der Waals surface area contributed by atoms with E-state index in [4.69, 9.17) is 4.52 Å². The number of nitrogens with zero attached hydrogens (tertiary/aromatic N) is 3. The molecule has 1 N–H and O–H groups in total. The van der Waals surface area contributed by atoms with Crippen LogP contribution < -0.4 is 9.03 Å². The average molecular weight is 453 g/mol. The monoisotopic (exact) mass is 452 g/mol. The van der Waals surface area contributed by atoms with Crippen molar-refractivity contribution in [1.82, 2.24) is 14.8 Å². The van der Waals surface area contributed by atoms with Gasteiger partial charge in [0, 0.05) is 43.4 Å². The lowest BCUT2D eigenvalue weighted by Gasteiger charge is -2.47. The molecule has 0 unspecified atom stereocenters. The second kappa shape index (κ2) is 8.54. The predicted octanol–water partition coefficient (Wildman–Crippen LogP) is 5.49. The number of halogens is 1. The van der Waals surface area contributed by atoms with Gasteiger partial charge in [-0.05, 0) is 69.0 Å². The van der Waals surface area contributed by atoms with Gasteiger partial charge in [-0.1, -0.05) is 29.4 Å². The molecule has 2 aliphatic rings. The number of hydrogen-bond acceptors (Lipinski definition) is 6. The fraction of sp³-hybridized carbons (Fsp3) is 0.400. The first-order chi connectivity index (χ1) is 15.4. The van der Waals surface area contributed by atoms with Crippen molar-refractivity contribution >= 4 is 17.8 Å². The van der Waals surface area contributed by atoms with E-state index in [9.17, 15) is 4.39 Å². The van der Waals surface area contributed by atoms with E-state index in [0.29, 0.717) is 6.04 Å². The van der Waals surface area contributed by atoms with E-state index < -0.39 is 0 Å². The number of aryl methyl sites for hydroxylation is 2. The van der Waals surface area contributed by atoms with Crippen molar-refractivity contribution in [3.63, 3.8) is 0 Å². The van der Waals surface area contributed by atoms with Crippen molar-refractivity contribution in [2.24, 2.45) is 0 Å². The largest absolute Gasteiger partial charge is 0.361 e. The summed E-state index contributed by atoms with van der Waals surface area (Å²) in [5.41, 5.74) is 5.42. The Kier molecular flexibility index (Phi) is 5.73. The number of rotatable bonds is 4. The van der Waals surface area contributed by atoms with E-state index in [2.05, 4.69) is 50.3 Å². The van der Waals surface area contributed by atoms with Gasteiger partial charge >= 0.3 is 0 Å². The molecule has 3 aromatic rings. The summed E-state index contributed by atoms with van der Waals surface area (Å²) in [6, 6.07) is 16.1. The minimum atomic E-state index is -0.186. The Balaban J connectivity index is 1.32. The minimum Gasteiger partial charge on any atom is -0.361 e. The topological polar surface area (TPSA) is 44.5 Å². The molecule has 0 saturated carbocycles. The van der Waals surface area contributed by atoms with Crippen LogP contribution in [0.25, 0.3) is 11.1 Å². The van der Waals surface area contributed by atoms with Crippen molar-refractivity contribution < 1.29 is 8.91 Å². The van der Waals surface area contributed by atoms with Crippen LogP contribution in [-0.4, -0.2) is 34.7 Å². The highest BCUT2D eigenvalue weighted by atomic mass is 32.2. The number of piperidine rings is 1. The number of aromatic nitrogens is 1. The zero-order chi connectivity index (χ0) is 22.3. The Hall–Kier alpha value is -2.35. The molecule has 5 rings (SSSR count). The van der Waals surface area contributed by atoms with Gasteiger partial charge in [0.2, 0.25) is 0 Å². The van der Waals surface area contributed by atoms with Crippen LogP contribution in [0.3, 0.4) is 0 Å². The lowest BCUT2D eigenvalue weighted by atomic mass is 9.83. The third-order valence-corrected chi connectivity index (χ3v) is 7.88. The highest BCUT2D eigenvalue weighted by Crippen LogP contribution is 2.43. The molecule has 1 aromatic heterocycles. The Morgan fingerprint density at radius 1 is 1.22 bits per heavy atom. The van der Waals surface area contributed by atoms with Crippen LogP contribution in [0.4, 0.5) is 10.1 Å². The zero-order valence-electron chi connectivity index (χ0n) is 18.8. The maximum absolute atomic E-state index is 13.9. The van der Waals surface area contributed by atoms with Crippen LogP contribution in [0.15, 0.2) is 53.1 Å². The van der Waals surface area contributed by atoms with Crippen molar-refractivity contribution in [2.45, 2.75) is 51.7 Å². The molecule has 2 atom stereocenters. The summed E-state index contributed by atoms with van der Waals surface area (Å²) < 4.78 is 25.0. The van der Waals surface area contributed by atoms with E-state index >= 15 is 0 Å². The molecule has 2 aliphatic heterocycles. The van der Waals surface area contributed by atoms with E-state index in [1.54, 1.807) is 24.3 Å². The first-order valence-corrected chi connectivity index (χ1v) is 11.9. The van der Waals surface area contributed by atoms with E-state index in [1.807, 2.05) is 19.9 Å². The van der Waals surface area contributed by atoms with E-state index in [0.717, 1.165) is 60.7 Å². The molecule has 0 aliphatic carbocycles. The maximum Gasteiger partial charge on any atom is 0.141 e. The molecular weight excluding hydrogens is 423 g/mol. The van der Waals surface area contributed by atoms with Gasteiger partial charge in [-0.15, -0.1) is 0 Å². The molecule has 0 bridgehead atoms. The second-order valence-corrected chi connectivity index (χ2v) is 9.92. The van der Waals surface area contributed by atoms with Gasteiger partial charge in [0.1, 0.15) is 11.6 Å². The molecule has 2 saturated heterocycles. The lowest BCUT2D eigenvalue weighted by molar-refractivity contribution is 0.106. The Morgan fingerprint density at radius 3 is 2.81 bits per heavy atom. The predicted molar refractivity (Wildman–Crippen MR) is 128 cm³/mol. The van der Waals surface area contributed by atoms with Crippen molar-refractivity contribution in [1.29, 1.82) is 0 Å². The average Bonchev–Trinajstić information content (AvgIpc) is 3.33. The SMILES string of the molecule is Cc1noc(C)c1-c1cccc(CN2CC[C@]3(CNSN3c3cccc(F)c3)C[C@@H]2C)c1.